The van der Waals surface area contributed by atoms with Crippen molar-refractivity contribution in [1.82, 2.24) is 9.58 Å². The molecule has 3 heterocycles. The fourth-order valence-electron chi connectivity index (χ4n) is 4.68. The highest BCUT2D eigenvalue weighted by molar-refractivity contribution is 6.43. The van der Waals surface area contributed by atoms with Gasteiger partial charge in [0.25, 0.3) is 5.91 Å². The minimum atomic E-state index is -0.617. The van der Waals surface area contributed by atoms with Gasteiger partial charge in [0.15, 0.2) is 11.4 Å². The van der Waals surface area contributed by atoms with E-state index in [9.17, 15) is 14.7 Å². The number of carbonyl (C=O) groups excluding carboxylic acids is 1. The number of fused-ring (bicyclic) bond motifs is 5. The molecule has 1 N–H and O–H groups in total. The SMILES string of the molecule is CC[C@H]1/C=C\COc2c(ccc(Cl)c2Cl)[C@H](c2ccccc2)N2CN1C(=O)c1c(O)c(=O)ccn12. The average molecular weight is 512 g/mol. The van der Waals surface area contributed by atoms with Crippen LogP contribution in [0.25, 0.3) is 0 Å². The molecular formula is C26H23Cl2N3O4. The largest absolute Gasteiger partial charge is 0.502 e. The van der Waals surface area contributed by atoms with E-state index < -0.39 is 23.1 Å². The number of ether oxygens (including phenoxy) is 1. The lowest BCUT2D eigenvalue weighted by molar-refractivity contribution is 0.0626. The molecule has 1 amide bonds. The first-order chi connectivity index (χ1) is 16.9. The molecule has 5 rings (SSSR count). The molecule has 3 aromatic rings. The molecule has 0 aliphatic carbocycles. The summed E-state index contributed by atoms with van der Waals surface area (Å²) in [5, 5.41) is 13.3. The van der Waals surface area contributed by atoms with Gasteiger partial charge in [0.05, 0.1) is 11.1 Å². The number of rotatable bonds is 2. The number of pyridine rings is 1. The van der Waals surface area contributed by atoms with E-state index in [4.69, 9.17) is 27.9 Å². The van der Waals surface area contributed by atoms with E-state index in [2.05, 4.69) is 0 Å². The Balaban J connectivity index is 1.84. The van der Waals surface area contributed by atoms with Crippen molar-refractivity contribution in [1.29, 1.82) is 0 Å². The molecule has 0 saturated heterocycles. The lowest BCUT2D eigenvalue weighted by Gasteiger charge is -2.45. The molecular weight excluding hydrogens is 489 g/mol. The monoisotopic (exact) mass is 511 g/mol. The number of halogens is 2. The quantitative estimate of drug-likeness (QED) is 0.503. The summed E-state index contributed by atoms with van der Waals surface area (Å²) in [7, 11) is 0. The number of aromatic nitrogens is 1. The topological polar surface area (TPSA) is 75.0 Å². The highest BCUT2D eigenvalue weighted by Crippen LogP contribution is 2.43. The molecule has 2 aliphatic rings. The van der Waals surface area contributed by atoms with Crippen LogP contribution in [0.4, 0.5) is 0 Å². The number of hydrogen-bond acceptors (Lipinski definition) is 5. The van der Waals surface area contributed by atoms with Crippen LogP contribution >= 0.6 is 23.2 Å². The van der Waals surface area contributed by atoms with Crippen LogP contribution in [-0.2, 0) is 0 Å². The van der Waals surface area contributed by atoms with Crippen LogP contribution in [0.1, 0.15) is 41.0 Å². The van der Waals surface area contributed by atoms with Gasteiger partial charge in [-0.2, -0.15) is 0 Å². The van der Waals surface area contributed by atoms with Crippen molar-refractivity contribution >= 4 is 29.1 Å². The van der Waals surface area contributed by atoms with Gasteiger partial charge in [0.1, 0.15) is 30.1 Å². The Bertz CT molecular complexity index is 1370. The summed E-state index contributed by atoms with van der Waals surface area (Å²) in [6, 6.07) is 13.7. The molecule has 0 fully saturated rings. The van der Waals surface area contributed by atoms with Crippen LogP contribution in [0.3, 0.4) is 0 Å². The minimum absolute atomic E-state index is 0.0849. The maximum absolute atomic E-state index is 13.6. The summed E-state index contributed by atoms with van der Waals surface area (Å²) in [4.78, 5) is 27.6. The number of amides is 1. The highest BCUT2D eigenvalue weighted by Gasteiger charge is 2.39. The zero-order valence-corrected chi connectivity index (χ0v) is 20.4. The molecule has 2 aliphatic heterocycles. The molecule has 0 saturated carbocycles. The zero-order valence-electron chi connectivity index (χ0n) is 18.9. The van der Waals surface area contributed by atoms with Gasteiger partial charge in [-0.3, -0.25) is 19.3 Å². The van der Waals surface area contributed by atoms with E-state index >= 15 is 0 Å². The number of benzene rings is 2. The second-order valence-corrected chi connectivity index (χ2v) is 9.17. The summed E-state index contributed by atoms with van der Waals surface area (Å²) >= 11 is 13.0. The highest BCUT2D eigenvalue weighted by atomic mass is 35.5. The Labute approximate surface area is 212 Å². The lowest BCUT2D eigenvalue weighted by Crippen LogP contribution is -2.57. The normalized spacial score (nSPS) is 20.4. The third-order valence-corrected chi connectivity index (χ3v) is 7.17. The Hall–Kier alpha value is -3.42. The van der Waals surface area contributed by atoms with Crippen LogP contribution in [0.5, 0.6) is 11.5 Å². The number of hydrogen-bond donors (Lipinski definition) is 1. The second-order valence-electron chi connectivity index (χ2n) is 8.39. The van der Waals surface area contributed by atoms with Crippen molar-refractivity contribution in [2.24, 2.45) is 0 Å². The molecule has 0 unspecified atom stereocenters. The van der Waals surface area contributed by atoms with Crippen molar-refractivity contribution in [3.63, 3.8) is 0 Å². The first-order valence-corrected chi connectivity index (χ1v) is 12.0. The molecule has 2 atom stereocenters. The maximum Gasteiger partial charge on any atom is 0.278 e. The van der Waals surface area contributed by atoms with Gasteiger partial charge < -0.3 is 14.7 Å². The van der Waals surface area contributed by atoms with Crippen LogP contribution in [-0.4, -0.2) is 39.9 Å². The van der Waals surface area contributed by atoms with E-state index in [1.54, 1.807) is 15.6 Å². The molecule has 2 aromatic carbocycles. The van der Waals surface area contributed by atoms with E-state index in [0.717, 1.165) is 11.1 Å². The van der Waals surface area contributed by atoms with Gasteiger partial charge in [0.2, 0.25) is 5.43 Å². The van der Waals surface area contributed by atoms with Gasteiger partial charge in [-0.15, -0.1) is 0 Å². The fourth-order valence-corrected chi connectivity index (χ4v) is 5.05. The minimum Gasteiger partial charge on any atom is -0.502 e. The van der Waals surface area contributed by atoms with Crippen molar-refractivity contribution in [3.05, 3.63) is 104 Å². The first kappa shape index (κ1) is 23.3. The van der Waals surface area contributed by atoms with Crippen LogP contribution in [0.2, 0.25) is 10.0 Å². The van der Waals surface area contributed by atoms with Crippen LogP contribution < -0.4 is 15.2 Å². The Morgan fingerprint density at radius 2 is 1.86 bits per heavy atom. The summed E-state index contributed by atoms with van der Waals surface area (Å²) < 4.78 is 7.69. The number of aromatic hydroxyl groups is 1. The predicted molar refractivity (Wildman–Crippen MR) is 135 cm³/mol. The first-order valence-electron chi connectivity index (χ1n) is 11.3. The van der Waals surface area contributed by atoms with Gasteiger partial charge >= 0.3 is 0 Å². The standard InChI is InChI=1S/C26H23Cl2N3O4/c1-2-17-9-6-14-35-25-18(10-11-19(27)21(25)28)22(16-7-4-3-5-8-16)31-15-29(17)26(34)23-24(33)20(32)12-13-30(23)31/h3-13,17,22,33H,2,14-15H2,1H3/b9-6-/t17-,22-/m0/s1. The van der Waals surface area contributed by atoms with Gasteiger partial charge in [-0.25, -0.2) is 0 Å². The van der Waals surface area contributed by atoms with Gasteiger partial charge in [-0.05, 0) is 24.1 Å². The van der Waals surface area contributed by atoms with Gasteiger partial charge in [0, 0.05) is 17.8 Å². The zero-order chi connectivity index (χ0) is 24.7. The van der Waals surface area contributed by atoms with Crippen molar-refractivity contribution < 1.29 is 14.6 Å². The molecule has 2 bridgehead atoms. The number of nitrogens with zero attached hydrogens (tertiary/aromatic N) is 3. The predicted octanol–water partition coefficient (Wildman–Crippen LogP) is 4.73. The molecule has 1 aromatic heterocycles. The Morgan fingerprint density at radius 3 is 2.60 bits per heavy atom. The second kappa shape index (κ2) is 9.32. The van der Waals surface area contributed by atoms with E-state index in [-0.39, 0.29) is 30.0 Å². The number of carbonyl (C=O) groups is 1. The summed E-state index contributed by atoms with van der Waals surface area (Å²) in [6.07, 6.45) is 5.87. The van der Waals surface area contributed by atoms with Gasteiger partial charge in [-0.1, -0.05) is 72.6 Å². The molecule has 0 spiro atoms. The molecule has 9 heteroatoms. The molecule has 7 nitrogen and oxygen atoms in total. The lowest BCUT2D eigenvalue weighted by atomic mass is 9.96. The Kier molecular flexibility index (Phi) is 6.21. The Morgan fingerprint density at radius 1 is 1.09 bits per heavy atom. The van der Waals surface area contributed by atoms with Crippen molar-refractivity contribution in [3.8, 4) is 11.5 Å². The molecule has 35 heavy (non-hydrogen) atoms. The smallest absolute Gasteiger partial charge is 0.278 e. The summed E-state index contributed by atoms with van der Waals surface area (Å²) in [5.41, 5.74) is 0.925. The molecule has 180 valence electrons. The molecule has 0 radical (unpaired) electrons. The maximum atomic E-state index is 13.6. The van der Waals surface area contributed by atoms with Crippen LogP contribution in [0.15, 0.2) is 71.7 Å². The fraction of sp³-hybridized carbons (Fsp3) is 0.231. The van der Waals surface area contributed by atoms with Crippen molar-refractivity contribution in [2.75, 3.05) is 18.3 Å². The summed E-state index contributed by atoms with van der Waals surface area (Å²) in [6.45, 7) is 2.39. The van der Waals surface area contributed by atoms with E-state index in [1.807, 2.05) is 60.5 Å². The third-order valence-electron chi connectivity index (χ3n) is 6.38. The van der Waals surface area contributed by atoms with E-state index in [1.165, 1.54) is 12.3 Å². The van der Waals surface area contributed by atoms with E-state index in [0.29, 0.717) is 17.2 Å². The van der Waals surface area contributed by atoms with Crippen molar-refractivity contribution in [2.45, 2.75) is 25.4 Å². The summed E-state index contributed by atoms with van der Waals surface area (Å²) in [5.74, 6) is -0.574. The average Bonchev–Trinajstić information content (AvgIpc) is 2.89. The third kappa shape index (κ3) is 3.94. The van der Waals surface area contributed by atoms with Crippen LogP contribution in [0, 0.1) is 0 Å².